The van der Waals surface area contributed by atoms with Gasteiger partial charge in [-0.1, -0.05) is 123 Å². The lowest BCUT2D eigenvalue weighted by molar-refractivity contribution is 0.520. The molecule has 22 heavy (non-hydrogen) atoms. The minimum atomic E-state index is 0.754. The number of hydrogen-bond donors (Lipinski definition) is 0. The van der Waals surface area contributed by atoms with Crippen LogP contribution in [-0.2, 0) is 0 Å². The van der Waals surface area contributed by atoms with Crippen molar-refractivity contribution in [3.63, 3.8) is 0 Å². The summed E-state index contributed by atoms with van der Waals surface area (Å²) in [7, 11) is 0. The second-order valence-electron chi connectivity index (χ2n) is 7.43. The van der Waals surface area contributed by atoms with E-state index in [9.17, 15) is 0 Å². The van der Waals surface area contributed by atoms with Crippen LogP contribution < -0.4 is 0 Å². The summed E-state index contributed by atoms with van der Waals surface area (Å²) >= 11 is 0. The third-order valence-electron chi connectivity index (χ3n) is 4.93. The fraction of sp³-hybridized carbons (Fsp3) is 0.909. The van der Waals surface area contributed by atoms with Gasteiger partial charge in [0.15, 0.2) is 0 Å². The molecule has 0 amide bonds. The Kier molecular flexibility index (Phi) is 16.9. The van der Waals surface area contributed by atoms with Gasteiger partial charge in [0.1, 0.15) is 0 Å². The van der Waals surface area contributed by atoms with Gasteiger partial charge in [0.05, 0.1) is 0 Å². The van der Waals surface area contributed by atoms with Crippen LogP contribution in [0.1, 0.15) is 118 Å². The number of allylic oxidation sites excluding steroid dienone is 2. The van der Waals surface area contributed by atoms with E-state index in [2.05, 4.69) is 39.8 Å². The van der Waals surface area contributed by atoms with Crippen LogP contribution in [0.4, 0.5) is 0 Å². The van der Waals surface area contributed by atoms with Crippen LogP contribution in [0.3, 0.4) is 0 Å². The van der Waals surface area contributed by atoms with E-state index in [4.69, 9.17) is 0 Å². The molecule has 0 saturated carbocycles. The van der Waals surface area contributed by atoms with Crippen molar-refractivity contribution in [1.82, 2.24) is 0 Å². The summed E-state index contributed by atoms with van der Waals surface area (Å²) in [6.07, 6.45) is 24.9. The average molecular weight is 309 g/mol. The van der Waals surface area contributed by atoms with Crippen molar-refractivity contribution in [2.24, 2.45) is 11.8 Å². The maximum Gasteiger partial charge on any atom is -0.0262 e. The average Bonchev–Trinajstić information content (AvgIpc) is 2.53. The second kappa shape index (κ2) is 17.1. The molecule has 0 N–H and O–H groups in total. The third-order valence-corrected chi connectivity index (χ3v) is 4.93. The van der Waals surface area contributed by atoms with Gasteiger partial charge >= 0.3 is 0 Å². The molecule has 0 heterocycles. The van der Waals surface area contributed by atoms with Crippen molar-refractivity contribution < 1.29 is 0 Å². The van der Waals surface area contributed by atoms with E-state index < -0.39 is 0 Å². The van der Waals surface area contributed by atoms with Crippen molar-refractivity contribution in [1.29, 1.82) is 0 Å². The first-order chi connectivity index (χ1) is 10.7. The maximum absolute atomic E-state index is 2.44. The van der Waals surface area contributed by atoms with Crippen LogP contribution in [-0.4, -0.2) is 0 Å². The highest BCUT2D eigenvalue weighted by Gasteiger charge is 1.99. The van der Waals surface area contributed by atoms with Gasteiger partial charge in [-0.3, -0.25) is 0 Å². The van der Waals surface area contributed by atoms with Crippen LogP contribution in [0.2, 0.25) is 0 Å². The molecule has 0 rings (SSSR count). The fourth-order valence-corrected chi connectivity index (χ4v) is 2.92. The zero-order valence-corrected chi connectivity index (χ0v) is 16.2. The van der Waals surface area contributed by atoms with Gasteiger partial charge in [0, 0.05) is 0 Å². The predicted molar refractivity (Wildman–Crippen MR) is 103 cm³/mol. The lowest BCUT2D eigenvalue weighted by atomic mass is 9.99. The Morgan fingerprint density at radius 3 is 1.41 bits per heavy atom. The van der Waals surface area contributed by atoms with Crippen molar-refractivity contribution in [2.45, 2.75) is 118 Å². The van der Waals surface area contributed by atoms with E-state index in [1.807, 2.05) is 0 Å². The monoisotopic (exact) mass is 308 g/mol. The Labute approximate surface area is 142 Å². The van der Waals surface area contributed by atoms with Crippen molar-refractivity contribution in [2.75, 3.05) is 0 Å². The Bertz CT molecular complexity index is 228. The normalized spacial score (nSPS) is 14.5. The summed E-state index contributed by atoms with van der Waals surface area (Å²) in [5.74, 6) is 1.53. The number of unbranched alkanes of at least 4 members (excludes halogenated alkanes) is 11. The smallest absolute Gasteiger partial charge is 0.0262 e. The molecule has 132 valence electrons. The molecule has 0 spiro atoms. The molecule has 0 aliphatic heterocycles. The molecular weight excluding hydrogens is 264 g/mol. The third kappa shape index (κ3) is 16.1. The maximum atomic E-state index is 2.44. The van der Waals surface area contributed by atoms with Crippen molar-refractivity contribution in [3.8, 4) is 0 Å². The molecule has 0 radical (unpaired) electrons. The minimum absolute atomic E-state index is 0.754. The van der Waals surface area contributed by atoms with Crippen LogP contribution in [0, 0.1) is 11.8 Å². The molecule has 0 saturated heterocycles. The van der Waals surface area contributed by atoms with E-state index in [0.717, 1.165) is 11.8 Å². The van der Waals surface area contributed by atoms with Crippen LogP contribution in [0.25, 0.3) is 0 Å². The Morgan fingerprint density at radius 1 is 0.545 bits per heavy atom. The summed E-state index contributed by atoms with van der Waals surface area (Å²) in [4.78, 5) is 0. The first-order valence-corrected chi connectivity index (χ1v) is 10.4. The molecule has 0 aromatic heterocycles. The van der Waals surface area contributed by atoms with E-state index in [-0.39, 0.29) is 0 Å². The molecule has 0 aliphatic rings. The highest BCUT2D eigenvalue weighted by molar-refractivity contribution is 4.89. The van der Waals surface area contributed by atoms with Gasteiger partial charge in [-0.05, 0) is 18.3 Å². The second-order valence-corrected chi connectivity index (χ2v) is 7.43. The van der Waals surface area contributed by atoms with Crippen molar-refractivity contribution >= 4 is 0 Å². The molecule has 2 atom stereocenters. The first kappa shape index (κ1) is 21.7. The Hall–Kier alpha value is -0.260. The van der Waals surface area contributed by atoms with Crippen LogP contribution in [0.5, 0.6) is 0 Å². The lowest BCUT2D eigenvalue weighted by Crippen LogP contribution is -1.92. The standard InChI is InChI=1S/C22H44/c1-5-7-8-9-10-11-12-13-14-15-16-17-18-22(4)20-19-21(3)6-2/h19-22H,5-18H2,1-4H3/b20-19+/t21-,22-/m1/s1. The predicted octanol–water partition coefficient (Wildman–Crippen LogP) is 8.32. The summed E-state index contributed by atoms with van der Waals surface area (Å²) in [5, 5.41) is 0. The van der Waals surface area contributed by atoms with Crippen LogP contribution in [0.15, 0.2) is 12.2 Å². The van der Waals surface area contributed by atoms with E-state index in [0.29, 0.717) is 0 Å². The largest absolute Gasteiger partial charge is 0.0854 e. The zero-order valence-electron chi connectivity index (χ0n) is 16.2. The van der Waals surface area contributed by atoms with Gasteiger partial charge in [-0.2, -0.15) is 0 Å². The number of rotatable bonds is 16. The zero-order chi connectivity index (χ0) is 16.5. The summed E-state index contributed by atoms with van der Waals surface area (Å²) in [6.45, 7) is 9.25. The van der Waals surface area contributed by atoms with Crippen LogP contribution >= 0.6 is 0 Å². The van der Waals surface area contributed by atoms with E-state index in [1.165, 1.54) is 89.9 Å². The molecule has 0 nitrogen and oxygen atoms in total. The number of hydrogen-bond acceptors (Lipinski definition) is 0. The molecular formula is C22H44. The molecule has 0 fully saturated rings. The molecule has 0 heteroatoms. The van der Waals surface area contributed by atoms with E-state index in [1.54, 1.807) is 0 Å². The minimum Gasteiger partial charge on any atom is -0.0854 e. The highest BCUT2D eigenvalue weighted by atomic mass is 14.1. The topological polar surface area (TPSA) is 0 Å². The fourth-order valence-electron chi connectivity index (χ4n) is 2.92. The SMILES string of the molecule is CCCCCCCCCCCCCC[C@@H](C)/C=C/[C@H](C)CC. The van der Waals surface area contributed by atoms with Gasteiger partial charge in [-0.25, -0.2) is 0 Å². The first-order valence-electron chi connectivity index (χ1n) is 10.4. The van der Waals surface area contributed by atoms with Gasteiger partial charge in [-0.15, -0.1) is 0 Å². The Morgan fingerprint density at radius 2 is 0.955 bits per heavy atom. The van der Waals surface area contributed by atoms with Gasteiger partial charge in [0.25, 0.3) is 0 Å². The molecule has 0 unspecified atom stereocenters. The highest BCUT2D eigenvalue weighted by Crippen LogP contribution is 2.15. The molecule has 0 aromatic carbocycles. The van der Waals surface area contributed by atoms with Gasteiger partial charge in [0.2, 0.25) is 0 Å². The molecule has 0 aromatic rings. The van der Waals surface area contributed by atoms with E-state index >= 15 is 0 Å². The Balaban J connectivity index is 3.21. The lowest BCUT2D eigenvalue weighted by Gasteiger charge is -2.08. The summed E-state index contributed by atoms with van der Waals surface area (Å²) < 4.78 is 0. The summed E-state index contributed by atoms with van der Waals surface area (Å²) in [6, 6.07) is 0. The quantitative estimate of drug-likeness (QED) is 0.198. The summed E-state index contributed by atoms with van der Waals surface area (Å²) in [5.41, 5.74) is 0. The van der Waals surface area contributed by atoms with Gasteiger partial charge < -0.3 is 0 Å². The molecule has 0 bridgehead atoms. The molecule has 0 aliphatic carbocycles. The van der Waals surface area contributed by atoms with Crippen molar-refractivity contribution in [3.05, 3.63) is 12.2 Å².